The molecule has 0 fully saturated rings. The minimum atomic E-state index is -3.97. The first kappa shape index (κ1) is 23.8. The normalized spacial score (nSPS) is 12.6. The van der Waals surface area contributed by atoms with Gasteiger partial charge in [-0.25, -0.2) is 17.5 Å². The SMILES string of the molecule is CC(C)C(N)CCN(C)C(=O)CCNS(=O)(=O)c1ccccc1F.Cl. The highest BCUT2D eigenvalue weighted by Crippen LogP contribution is 2.13. The summed E-state index contributed by atoms with van der Waals surface area (Å²) in [5, 5.41) is 0. The summed E-state index contributed by atoms with van der Waals surface area (Å²) in [5.74, 6) is -0.681. The van der Waals surface area contributed by atoms with Gasteiger partial charge in [0.25, 0.3) is 0 Å². The highest BCUT2D eigenvalue weighted by atomic mass is 35.5. The van der Waals surface area contributed by atoms with E-state index in [1.165, 1.54) is 23.1 Å². The van der Waals surface area contributed by atoms with Gasteiger partial charge in [-0.05, 0) is 24.5 Å². The number of carbonyl (C=O) groups is 1. The molecule has 0 saturated carbocycles. The number of halogens is 2. The van der Waals surface area contributed by atoms with Gasteiger partial charge < -0.3 is 10.6 Å². The van der Waals surface area contributed by atoms with E-state index in [1.54, 1.807) is 7.05 Å². The molecule has 0 heterocycles. The number of benzene rings is 1. The number of hydrogen-bond acceptors (Lipinski definition) is 4. The van der Waals surface area contributed by atoms with Gasteiger partial charge in [0.2, 0.25) is 15.9 Å². The molecule has 0 radical (unpaired) electrons. The van der Waals surface area contributed by atoms with Crippen molar-refractivity contribution in [1.82, 2.24) is 9.62 Å². The van der Waals surface area contributed by atoms with Crippen LogP contribution in [0.25, 0.3) is 0 Å². The van der Waals surface area contributed by atoms with Crippen molar-refractivity contribution in [2.75, 3.05) is 20.1 Å². The van der Waals surface area contributed by atoms with Crippen LogP contribution < -0.4 is 10.5 Å². The lowest BCUT2D eigenvalue weighted by Gasteiger charge is -2.21. The Morgan fingerprint density at radius 1 is 1.32 bits per heavy atom. The molecule has 0 spiro atoms. The summed E-state index contributed by atoms with van der Waals surface area (Å²) >= 11 is 0. The molecule has 1 unspecified atom stereocenters. The van der Waals surface area contributed by atoms with Crippen LogP contribution in [0.3, 0.4) is 0 Å². The van der Waals surface area contributed by atoms with Crippen LogP contribution in [0.5, 0.6) is 0 Å². The predicted molar refractivity (Wildman–Crippen MR) is 98.5 cm³/mol. The Balaban J connectivity index is 0.00000576. The lowest BCUT2D eigenvalue weighted by Crippen LogP contribution is -2.36. The Bertz CT molecular complexity index is 656. The van der Waals surface area contributed by atoms with E-state index in [1.807, 2.05) is 13.8 Å². The maximum Gasteiger partial charge on any atom is 0.243 e. The van der Waals surface area contributed by atoms with Gasteiger partial charge in [0.05, 0.1) is 0 Å². The fraction of sp³-hybridized carbons (Fsp3) is 0.562. The molecule has 1 amide bonds. The number of carbonyl (C=O) groups excluding carboxylic acids is 1. The van der Waals surface area contributed by atoms with Crippen LogP contribution in [-0.2, 0) is 14.8 Å². The topological polar surface area (TPSA) is 92.5 Å². The van der Waals surface area contributed by atoms with Crippen molar-refractivity contribution < 1.29 is 17.6 Å². The van der Waals surface area contributed by atoms with Crippen molar-refractivity contribution in [2.24, 2.45) is 11.7 Å². The largest absolute Gasteiger partial charge is 0.346 e. The van der Waals surface area contributed by atoms with Crippen molar-refractivity contribution in [1.29, 1.82) is 0 Å². The molecule has 1 aromatic rings. The van der Waals surface area contributed by atoms with E-state index < -0.39 is 20.7 Å². The van der Waals surface area contributed by atoms with Gasteiger partial charge in [-0.1, -0.05) is 26.0 Å². The van der Waals surface area contributed by atoms with Crippen molar-refractivity contribution >= 4 is 28.3 Å². The van der Waals surface area contributed by atoms with E-state index >= 15 is 0 Å². The van der Waals surface area contributed by atoms with Crippen LogP contribution in [0.1, 0.15) is 26.7 Å². The van der Waals surface area contributed by atoms with E-state index in [4.69, 9.17) is 5.73 Å². The smallest absolute Gasteiger partial charge is 0.243 e. The zero-order chi connectivity index (χ0) is 18.3. The molecule has 0 aliphatic rings. The molecule has 3 N–H and O–H groups in total. The Hall–Kier alpha value is -1.22. The fourth-order valence-electron chi connectivity index (χ4n) is 2.02. The monoisotopic (exact) mass is 395 g/mol. The lowest BCUT2D eigenvalue weighted by molar-refractivity contribution is -0.129. The molecule has 0 bridgehead atoms. The molecule has 0 aliphatic heterocycles. The Kier molecular flexibility index (Phi) is 10.2. The summed E-state index contributed by atoms with van der Waals surface area (Å²) in [6.07, 6.45) is 0.682. The average Bonchev–Trinajstić information content (AvgIpc) is 2.51. The van der Waals surface area contributed by atoms with Gasteiger partial charge in [-0.2, -0.15) is 0 Å². The summed E-state index contributed by atoms with van der Waals surface area (Å²) in [6, 6.07) is 5.12. The minimum absolute atomic E-state index is 0. The third kappa shape index (κ3) is 7.68. The zero-order valence-electron chi connectivity index (χ0n) is 14.7. The summed E-state index contributed by atoms with van der Waals surface area (Å²) in [5.41, 5.74) is 5.94. The Morgan fingerprint density at radius 2 is 1.92 bits per heavy atom. The summed E-state index contributed by atoms with van der Waals surface area (Å²) in [7, 11) is -2.31. The van der Waals surface area contributed by atoms with Crippen molar-refractivity contribution in [3.8, 4) is 0 Å². The van der Waals surface area contributed by atoms with Crippen molar-refractivity contribution in [3.05, 3.63) is 30.1 Å². The molecule has 25 heavy (non-hydrogen) atoms. The van der Waals surface area contributed by atoms with E-state index in [0.717, 1.165) is 6.07 Å². The molecule has 0 aliphatic carbocycles. The number of rotatable bonds is 9. The molecule has 0 aromatic heterocycles. The molecule has 144 valence electrons. The van der Waals surface area contributed by atoms with Gasteiger partial charge in [0, 0.05) is 32.6 Å². The second-order valence-corrected chi connectivity index (χ2v) is 7.83. The van der Waals surface area contributed by atoms with Gasteiger partial charge in [0.15, 0.2) is 0 Å². The first-order valence-electron chi connectivity index (χ1n) is 7.89. The second-order valence-electron chi connectivity index (χ2n) is 6.09. The first-order valence-corrected chi connectivity index (χ1v) is 9.37. The lowest BCUT2D eigenvalue weighted by atomic mass is 10.0. The predicted octanol–water partition coefficient (Wildman–Crippen LogP) is 1.75. The van der Waals surface area contributed by atoms with Gasteiger partial charge in [0.1, 0.15) is 10.7 Å². The molecule has 9 heteroatoms. The van der Waals surface area contributed by atoms with Crippen LogP contribution in [0.15, 0.2) is 29.2 Å². The number of sulfonamides is 1. The van der Waals surface area contributed by atoms with Gasteiger partial charge >= 0.3 is 0 Å². The van der Waals surface area contributed by atoms with Crippen LogP contribution >= 0.6 is 12.4 Å². The van der Waals surface area contributed by atoms with Gasteiger partial charge in [-0.3, -0.25) is 4.79 Å². The molecule has 1 aromatic carbocycles. The number of nitrogens with zero attached hydrogens (tertiary/aromatic N) is 1. The Labute approximate surface area is 155 Å². The summed E-state index contributed by atoms with van der Waals surface area (Å²) in [6.45, 7) is 4.46. The molecule has 0 saturated heterocycles. The second kappa shape index (κ2) is 10.7. The number of hydrogen-bond donors (Lipinski definition) is 2. The molecule has 1 rings (SSSR count). The highest BCUT2D eigenvalue weighted by Gasteiger charge is 2.19. The molecule has 6 nitrogen and oxygen atoms in total. The zero-order valence-corrected chi connectivity index (χ0v) is 16.4. The minimum Gasteiger partial charge on any atom is -0.346 e. The molecular weight excluding hydrogens is 369 g/mol. The van der Waals surface area contributed by atoms with Crippen LogP contribution in [-0.4, -0.2) is 45.4 Å². The third-order valence-electron chi connectivity index (χ3n) is 3.84. The maximum absolute atomic E-state index is 13.5. The number of amides is 1. The number of nitrogens with two attached hydrogens (primary N) is 1. The summed E-state index contributed by atoms with van der Waals surface area (Å²) < 4.78 is 39.8. The van der Waals surface area contributed by atoms with Crippen LogP contribution in [0, 0.1) is 11.7 Å². The van der Waals surface area contributed by atoms with E-state index in [0.29, 0.717) is 18.9 Å². The van der Waals surface area contributed by atoms with Gasteiger partial charge in [-0.15, -0.1) is 12.4 Å². The maximum atomic E-state index is 13.5. The molecule has 1 atom stereocenters. The first-order chi connectivity index (χ1) is 11.1. The van der Waals surface area contributed by atoms with Crippen molar-refractivity contribution in [2.45, 2.75) is 37.6 Å². The molecular formula is C16H27ClFN3O3S. The Morgan fingerprint density at radius 3 is 2.48 bits per heavy atom. The number of nitrogens with one attached hydrogen (secondary N) is 1. The van der Waals surface area contributed by atoms with E-state index in [9.17, 15) is 17.6 Å². The van der Waals surface area contributed by atoms with E-state index in [-0.39, 0.29) is 37.3 Å². The van der Waals surface area contributed by atoms with Crippen LogP contribution in [0.4, 0.5) is 4.39 Å². The quantitative estimate of drug-likeness (QED) is 0.666. The average molecular weight is 396 g/mol. The van der Waals surface area contributed by atoms with E-state index in [2.05, 4.69) is 4.72 Å². The fourth-order valence-corrected chi connectivity index (χ4v) is 3.13. The standard InChI is InChI=1S/C16H26FN3O3S.ClH/c1-12(2)14(18)9-11-20(3)16(21)8-10-19-24(22,23)15-7-5-4-6-13(15)17;/h4-7,12,14,19H,8-11,18H2,1-3H3;1H. The van der Waals surface area contributed by atoms with Crippen LogP contribution in [0.2, 0.25) is 0 Å². The summed E-state index contributed by atoms with van der Waals surface area (Å²) in [4.78, 5) is 13.1. The third-order valence-corrected chi connectivity index (χ3v) is 5.33. The van der Waals surface area contributed by atoms with Crippen molar-refractivity contribution in [3.63, 3.8) is 0 Å². The highest BCUT2D eigenvalue weighted by molar-refractivity contribution is 7.89.